The third-order valence-electron chi connectivity index (χ3n) is 4.07. The first-order valence-electron chi connectivity index (χ1n) is 8.21. The number of furan rings is 1. The number of carbonyl (C=O) groups is 1. The summed E-state index contributed by atoms with van der Waals surface area (Å²) in [5, 5.41) is 16.0. The Labute approximate surface area is 154 Å². The van der Waals surface area contributed by atoms with Crippen molar-refractivity contribution >= 4 is 23.0 Å². The summed E-state index contributed by atoms with van der Waals surface area (Å²) in [5.74, 6) is -0.0579. The van der Waals surface area contributed by atoms with Gasteiger partial charge in [0.15, 0.2) is 5.75 Å². The third-order valence-corrected chi connectivity index (χ3v) is 4.07. The lowest BCUT2D eigenvalue weighted by Gasteiger charge is -2.17. The van der Waals surface area contributed by atoms with Gasteiger partial charge in [-0.1, -0.05) is 6.07 Å². The fourth-order valence-corrected chi connectivity index (χ4v) is 2.63. The molecule has 0 unspecified atom stereocenters. The van der Waals surface area contributed by atoms with Crippen LogP contribution in [0.25, 0.3) is 0 Å². The van der Waals surface area contributed by atoms with Crippen LogP contribution in [0.15, 0.2) is 44.5 Å². The molecule has 0 saturated carbocycles. The van der Waals surface area contributed by atoms with E-state index in [1.165, 1.54) is 17.0 Å². The van der Waals surface area contributed by atoms with E-state index >= 15 is 0 Å². The number of rotatable bonds is 6. The molecule has 27 heavy (non-hydrogen) atoms. The van der Waals surface area contributed by atoms with E-state index in [2.05, 4.69) is 10.6 Å². The molecule has 8 nitrogen and oxygen atoms in total. The van der Waals surface area contributed by atoms with Gasteiger partial charge in [0.1, 0.15) is 17.1 Å². The van der Waals surface area contributed by atoms with Crippen LogP contribution >= 0.6 is 0 Å². The van der Waals surface area contributed by atoms with Gasteiger partial charge >= 0.3 is 0 Å². The first kappa shape index (κ1) is 18.2. The minimum Gasteiger partial charge on any atom is -0.505 e. The summed E-state index contributed by atoms with van der Waals surface area (Å²) in [5.41, 5.74) is -0.0122. The van der Waals surface area contributed by atoms with E-state index in [4.69, 9.17) is 4.42 Å². The maximum absolute atomic E-state index is 12.1. The second-order valence-corrected chi connectivity index (χ2v) is 6.38. The van der Waals surface area contributed by atoms with Crippen LogP contribution in [0.4, 0.5) is 17.1 Å². The summed E-state index contributed by atoms with van der Waals surface area (Å²) in [7, 11) is 3.13. The lowest BCUT2D eigenvalue weighted by Crippen LogP contribution is -2.36. The molecule has 1 amide bonds. The fraction of sp³-hybridized carbons (Fsp3) is 0.211. The van der Waals surface area contributed by atoms with Crippen molar-refractivity contribution in [3.05, 3.63) is 67.9 Å². The van der Waals surface area contributed by atoms with Crippen LogP contribution in [-0.4, -0.2) is 30.0 Å². The zero-order chi connectivity index (χ0) is 19.7. The van der Waals surface area contributed by atoms with Crippen LogP contribution in [0.2, 0.25) is 0 Å². The molecule has 0 aliphatic carbocycles. The first-order chi connectivity index (χ1) is 12.8. The van der Waals surface area contributed by atoms with Crippen molar-refractivity contribution in [2.45, 2.75) is 13.5 Å². The van der Waals surface area contributed by atoms with Gasteiger partial charge in [-0.05, 0) is 30.7 Å². The van der Waals surface area contributed by atoms with E-state index in [0.29, 0.717) is 5.76 Å². The number of para-hydroxylation sites is 1. The van der Waals surface area contributed by atoms with Gasteiger partial charge in [-0.25, -0.2) is 0 Å². The van der Waals surface area contributed by atoms with Gasteiger partial charge in [0.25, 0.3) is 16.8 Å². The van der Waals surface area contributed by atoms with Crippen LogP contribution in [0.5, 0.6) is 5.75 Å². The monoisotopic (exact) mass is 369 g/mol. The molecule has 0 spiro atoms. The molecule has 0 aliphatic rings. The molecule has 0 saturated heterocycles. The van der Waals surface area contributed by atoms with Crippen LogP contribution < -0.4 is 21.5 Å². The van der Waals surface area contributed by atoms with E-state index in [0.717, 1.165) is 5.56 Å². The molecule has 1 aromatic heterocycles. The highest BCUT2D eigenvalue weighted by Gasteiger charge is 2.23. The van der Waals surface area contributed by atoms with Gasteiger partial charge in [-0.2, -0.15) is 0 Å². The largest absolute Gasteiger partial charge is 0.505 e. The summed E-state index contributed by atoms with van der Waals surface area (Å²) < 4.78 is 5.30. The Bertz CT molecular complexity index is 1070. The van der Waals surface area contributed by atoms with Gasteiger partial charge in [-0.15, -0.1) is 0 Å². The van der Waals surface area contributed by atoms with Gasteiger partial charge in [0.05, 0.1) is 24.1 Å². The number of phenols is 1. The predicted molar refractivity (Wildman–Crippen MR) is 102 cm³/mol. The second-order valence-electron chi connectivity index (χ2n) is 6.38. The Morgan fingerprint density at radius 1 is 1.19 bits per heavy atom. The predicted octanol–water partition coefficient (Wildman–Crippen LogP) is 1.95. The number of carbonyl (C=O) groups excluding carboxylic acids is 1. The number of aryl methyl sites for hydroxylation is 1. The molecule has 3 rings (SSSR count). The third kappa shape index (κ3) is 3.41. The van der Waals surface area contributed by atoms with Crippen molar-refractivity contribution in [2.75, 3.05) is 24.7 Å². The molecule has 140 valence electrons. The molecule has 2 aromatic carbocycles. The number of anilines is 3. The molecule has 0 aliphatic heterocycles. The van der Waals surface area contributed by atoms with Crippen LogP contribution in [-0.2, 0) is 6.54 Å². The summed E-state index contributed by atoms with van der Waals surface area (Å²) in [6.07, 6.45) is 1.59. The Kier molecular flexibility index (Phi) is 4.72. The molecular weight excluding hydrogens is 350 g/mol. The number of nitrogens with zero attached hydrogens (tertiary/aromatic N) is 1. The van der Waals surface area contributed by atoms with Crippen molar-refractivity contribution in [1.29, 1.82) is 0 Å². The highest BCUT2D eigenvalue weighted by Crippen LogP contribution is 2.32. The number of benzene rings is 1. The molecule has 0 fully saturated rings. The highest BCUT2D eigenvalue weighted by molar-refractivity contribution is 5.99. The van der Waals surface area contributed by atoms with E-state index in [9.17, 15) is 19.5 Å². The number of phenolic OH excluding ortho intramolecular Hbond substituents is 1. The maximum atomic E-state index is 12.1. The Hall–Kier alpha value is -3.55. The zero-order valence-electron chi connectivity index (χ0n) is 15.1. The first-order valence-corrected chi connectivity index (χ1v) is 8.21. The van der Waals surface area contributed by atoms with Crippen molar-refractivity contribution in [3.8, 4) is 5.75 Å². The van der Waals surface area contributed by atoms with Crippen molar-refractivity contribution in [1.82, 2.24) is 4.90 Å². The molecule has 3 N–H and O–H groups in total. The van der Waals surface area contributed by atoms with E-state index in [-0.39, 0.29) is 40.8 Å². The van der Waals surface area contributed by atoms with Crippen molar-refractivity contribution < 1.29 is 14.3 Å². The number of hydrogen-bond donors (Lipinski definition) is 3. The van der Waals surface area contributed by atoms with Gasteiger partial charge in [-0.3, -0.25) is 14.4 Å². The topological polar surface area (TPSA) is 112 Å². The molecule has 1 heterocycles. The summed E-state index contributed by atoms with van der Waals surface area (Å²) in [6, 6.07) is 6.37. The normalized spacial score (nSPS) is 10.8. The average Bonchev–Trinajstić information content (AvgIpc) is 3.06. The number of amides is 1. The van der Waals surface area contributed by atoms with Gasteiger partial charge in [0.2, 0.25) is 0 Å². The quantitative estimate of drug-likeness (QED) is 0.450. The molecule has 0 radical (unpaired) electrons. The number of hydrogen-bond acceptors (Lipinski definition) is 7. The molecule has 0 bridgehead atoms. The second kappa shape index (κ2) is 6.99. The number of nitrogens with one attached hydrogen (secondary N) is 2. The minimum absolute atomic E-state index is 0.0352. The minimum atomic E-state index is -0.697. The molecule has 0 atom stereocenters. The molecule has 8 heteroatoms. The van der Waals surface area contributed by atoms with Crippen molar-refractivity contribution in [2.24, 2.45) is 0 Å². The van der Waals surface area contributed by atoms with Crippen LogP contribution in [0.1, 0.15) is 21.7 Å². The van der Waals surface area contributed by atoms with Gasteiger partial charge < -0.3 is 25.1 Å². The highest BCUT2D eigenvalue weighted by atomic mass is 16.3. The van der Waals surface area contributed by atoms with E-state index in [1.807, 2.05) is 13.0 Å². The van der Waals surface area contributed by atoms with Crippen molar-refractivity contribution in [3.63, 3.8) is 0 Å². The van der Waals surface area contributed by atoms with Gasteiger partial charge in [0, 0.05) is 14.1 Å². The standard InChI is InChI=1S/C19H19N3O5/c1-10-7-11(27-9-10)8-20-14-15(18(25)17(14)24)21-13-6-4-5-12(16(13)23)19(26)22(2)3/h4-7,9,20-21,23H,8H2,1-3H3. The average molecular weight is 369 g/mol. The summed E-state index contributed by atoms with van der Waals surface area (Å²) in [4.78, 5) is 37.3. The fourth-order valence-electron chi connectivity index (χ4n) is 2.63. The summed E-state index contributed by atoms with van der Waals surface area (Å²) in [6.45, 7) is 2.11. The Morgan fingerprint density at radius 3 is 2.52 bits per heavy atom. The Balaban J connectivity index is 1.84. The summed E-state index contributed by atoms with van der Waals surface area (Å²) >= 11 is 0. The van der Waals surface area contributed by atoms with Crippen LogP contribution in [0, 0.1) is 6.92 Å². The molecular formula is C19H19N3O5. The number of aromatic hydroxyl groups is 1. The molecule has 3 aromatic rings. The zero-order valence-corrected chi connectivity index (χ0v) is 15.1. The SMILES string of the molecule is Cc1coc(CNc2c(Nc3cccc(C(=O)N(C)C)c3O)c(=O)c2=O)c1. The lowest BCUT2D eigenvalue weighted by molar-refractivity contribution is 0.0824. The maximum Gasteiger partial charge on any atom is 0.257 e. The Morgan fingerprint density at radius 2 is 1.89 bits per heavy atom. The smallest absolute Gasteiger partial charge is 0.257 e. The lowest BCUT2D eigenvalue weighted by atomic mass is 10.1. The van der Waals surface area contributed by atoms with Crippen LogP contribution in [0.3, 0.4) is 0 Å². The van der Waals surface area contributed by atoms with E-state index < -0.39 is 10.9 Å². The van der Waals surface area contributed by atoms with E-state index in [1.54, 1.807) is 26.4 Å².